The Kier molecular flexibility index (Phi) is 5.71. The summed E-state index contributed by atoms with van der Waals surface area (Å²) in [5.74, 6) is -0.121. The van der Waals surface area contributed by atoms with Crippen molar-refractivity contribution in [1.29, 1.82) is 0 Å². The van der Waals surface area contributed by atoms with E-state index in [1.807, 2.05) is 19.1 Å². The van der Waals surface area contributed by atoms with Crippen LogP contribution in [0.15, 0.2) is 48.5 Å². The molecule has 2 rings (SSSR count). The Bertz CT molecular complexity index is 675. The van der Waals surface area contributed by atoms with Gasteiger partial charge in [0.25, 0.3) is 0 Å². The normalized spacial score (nSPS) is 11.8. The Balaban J connectivity index is 2.11. The van der Waals surface area contributed by atoms with Crippen molar-refractivity contribution in [2.45, 2.75) is 19.4 Å². The molecule has 5 heteroatoms. The first kappa shape index (κ1) is 17.0. The number of hydrogen-bond donors (Lipinski definition) is 1. The quantitative estimate of drug-likeness (QED) is 0.889. The molecule has 0 bridgehead atoms. The predicted octanol–water partition coefficient (Wildman–Crippen LogP) is 3.31. The van der Waals surface area contributed by atoms with E-state index >= 15 is 0 Å². The van der Waals surface area contributed by atoms with Gasteiger partial charge in [0.1, 0.15) is 11.6 Å². The number of halogens is 1. The maximum Gasteiger partial charge on any atom is 0.229 e. The van der Waals surface area contributed by atoms with Gasteiger partial charge in [0.2, 0.25) is 5.91 Å². The lowest BCUT2D eigenvalue weighted by molar-refractivity contribution is -0.120. The van der Waals surface area contributed by atoms with Gasteiger partial charge in [-0.15, -0.1) is 0 Å². The molecule has 0 saturated heterocycles. The number of para-hydroxylation sites is 2. The fourth-order valence-electron chi connectivity index (χ4n) is 2.28. The number of carbonyl (C=O) groups is 1. The van der Waals surface area contributed by atoms with Crippen LogP contribution >= 0.6 is 0 Å². The van der Waals surface area contributed by atoms with Gasteiger partial charge in [-0.3, -0.25) is 4.79 Å². The van der Waals surface area contributed by atoms with Crippen LogP contribution in [0.2, 0.25) is 0 Å². The molecule has 0 radical (unpaired) electrons. The van der Waals surface area contributed by atoms with E-state index < -0.39 is 11.9 Å². The second kappa shape index (κ2) is 7.74. The van der Waals surface area contributed by atoms with Crippen molar-refractivity contribution in [2.75, 3.05) is 18.6 Å². The van der Waals surface area contributed by atoms with E-state index in [1.165, 1.54) is 23.1 Å². The summed E-state index contributed by atoms with van der Waals surface area (Å²) >= 11 is 0. The molecule has 2 aromatic rings. The lowest BCUT2D eigenvalue weighted by Gasteiger charge is -2.22. The third-order valence-corrected chi connectivity index (χ3v) is 3.50. The molecule has 0 aliphatic carbocycles. The fraction of sp³-hybridized carbons (Fsp3) is 0.278. The molecule has 0 saturated carbocycles. The minimum Gasteiger partial charge on any atom is -0.492 e. The first-order valence-corrected chi connectivity index (χ1v) is 7.44. The molecule has 1 atom stereocenters. The summed E-state index contributed by atoms with van der Waals surface area (Å²) in [6, 6.07) is 12.8. The summed E-state index contributed by atoms with van der Waals surface area (Å²) in [5, 5.41) is 10.1. The van der Waals surface area contributed by atoms with Crippen LogP contribution in [0, 0.1) is 5.82 Å². The van der Waals surface area contributed by atoms with Crippen molar-refractivity contribution in [2.24, 2.45) is 0 Å². The Morgan fingerprint density at radius 3 is 2.70 bits per heavy atom. The SMILES string of the molecule is CCOc1ccccc1N(C)C(=O)CC(O)c1cccc(F)c1. The van der Waals surface area contributed by atoms with Gasteiger partial charge in [-0.1, -0.05) is 24.3 Å². The van der Waals surface area contributed by atoms with E-state index in [0.29, 0.717) is 23.6 Å². The lowest BCUT2D eigenvalue weighted by atomic mass is 10.1. The number of anilines is 1. The number of amides is 1. The van der Waals surface area contributed by atoms with E-state index in [4.69, 9.17) is 4.74 Å². The van der Waals surface area contributed by atoms with E-state index in [-0.39, 0.29) is 12.3 Å². The first-order chi connectivity index (χ1) is 11.0. The average Bonchev–Trinajstić information content (AvgIpc) is 2.55. The van der Waals surface area contributed by atoms with Crippen LogP contribution in [-0.2, 0) is 4.79 Å². The molecule has 0 aromatic heterocycles. The third-order valence-electron chi connectivity index (χ3n) is 3.50. The average molecular weight is 317 g/mol. The number of aliphatic hydroxyl groups is 1. The zero-order valence-electron chi connectivity index (χ0n) is 13.2. The Morgan fingerprint density at radius 2 is 2.00 bits per heavy atom. The van der Waals surface area contributed by atoms with Crippen LogP contribution in [0.4, 0.5) is 10.1 Å². The molecular weight excluding hydrogens is 297 g/mol. The lowest BCUT2D eigenvalue weighted by Crippen LogP contribution is -2.28. The van der Waals surface area contributed by atoms with Gasteiger partial charge in [0.05, 0.1) is 24.8 Å². The molecule has 1 unspecified atom stereocenters. The standard InChI is InChI=1S/C18H20FNO3/c1-3-23-17-10-5-4-9-15(17)20(2)18(22)12-16(21)13-7-6-8-14(19)11-13/h4-11,16,21H,3,12H2,1-2H3. The second-order valence-corrected chi connectivity index (χ2v) is 5.13. The predicted molar refractivity (Wildman–Crippen MR) is 87.0 cm³/mol. The number of carbonyl (C=O) groups excluding carboxylic acids is 1. The molecular formula is C18H20FNO3. The van der Waals surface area contributed by atoms with Gasteiger partial charge < -0.3 is 14.7 Å². The van der Waals surface area contributed by atoms with Crippen molar-refractivity contribution in [1.82, 2.24) is 0 Å². The molecule has 4 nitrogen and oxygen atoms in total. The Hall–Kier alpha value is -2.40. The summed E-state index contributed by atoms with van der Waals surface area (Å²) in [6.45, 7) is 2.36. The molecule has 23 heavy (non-hydrogen) atoms. The summed E-state index contributed by atoms with van der Waals surface area (Å²) in [7, 11) is 1.62. The highest BCUT2D eigenvalue weighted by atomic mass is 19.1. The summed E-state index contributed by atoms with van der Waals surface area (Å²) in [6.07, 6.45) is -1.19. The zero-order chi connectivity index (χ0) is 16.8. The van der Waals surface area contributed by atoms with E-state index in [2.05, 4.69) is 0 Å². The molecule has 1 N–H and O–H groups in total. The van der Waals surface area contributed by atoms with Crippen LogP contribution in [0.1, 0.15) is 25.0 Å². The molecule has 0 aliphatic heterocycles. The van der Waals surface area contributed by atoms with Crippen molar-refractivity contribution in [3.05, 3.63) is 59.9 Å². The molecule has 2 aromatic carbocycles. The van der Waals surface area contributed by atoms with E-state index in [0.717, 1.165) is 0 Å². The van der Waals surface area contributed by atoms with Crippen molar-refractivity contribution in [3.8, 4) is 5.75 Å². The zero-order valence-corrected chi connectivity index (χ0v) is 13.2. The molecule has 0 fully saturated rings. The van der Waals surface area contributed by atoms with Crippen LogP contribution in [0.3, 0.4) is 0 Å². The number of hydrogen-bond acceptors (Lipinski definition) is 3. The summed E-state index contributed by atoms with van der Waals surface area (Å²) in [4.78, 5) is 13.8. The smallest absolute Gasteiger partial charge is 0.229 e. The highest BCUT2D eigenvalue weighted by Gasteiger charge is 2.19. The van der Waals surface area contributed by atoms with E-state index in [1.54, 1.807) is 25.2 Å². The second-order valence-electron chi connectivity index (χ2n) is 5.13. The minimum atomic E-state index is -1.06. The molecule has 122 valence electrons. The van der Waals surface area contributed by atoms with Crippen LogP contribution in [0.25, 0.3) is 0 Å². The highest BCUT2D eigenvalue weighted by Crippen LogP contribution is 2.28. The highest BCUT2D eigenvalue weighted by molar-refractivity contribution is 5.94. The van der Waals surface area contributed by atoms with Crippen LogP contribution in [0.5, 0.6) is 5.75 Å². The van der Waals surface area contributed by atoms with Gasteiger partial charge in [0, 0.05) is 7.05 Å². The summed E-state index contributed by atoms with van der Waals surface area (Å²) < 4.78 is 18.7. The molecule has 0 spiro atoms. The maximum absolute atomic E-state index is 13.2. The largest absolute Gasteiger partial charge is 0.492 e. The maximum atomic E-state index is 13.2. The summed E-state index contributed by atoms with van der Waals surface area (Å²) in [5.41, 5.74) is 1.01. The van der Waals surface area contributed by atoms with Crippen LogP contribution < -0.4 is 9.64 Å². The van der Waals surface area contributed by atoms with Gasteiger partial charge in [-0.05, 0) is 36.8 Å². The number of aliphatic hydroxyl groups excluding tert-OH is 1. The van der Waals surface area contributed by atoms with Crippen LogP contribution in [-0.4, -0.2) is 24.7 Å². The number of nitrogens with zero attached hydrogens (tertiary/aromatic N) is 1. The molecule has 1 amide bonds. The van der Waals surface area contributed by atoms with Crippen molar-refractivity contribution >= 4 is 11.6 Å². The topological polar surface area (TPSA) is 49.8 Å². The molecule has 0 heterocycles. The number of ether oxygens (including phenoxy) is 1. The number of benzene rings is 2. The van der Waals surface area contributed by atoms with Gasteiger partial charge in [-0.2, -0.15) is 0 Å². The Morgan fingerprint density at radius 1 is 1.26 bits per heavy atom. The monoisotopic (exact) mass is 317 g/mol. The van der Waals surface area contributed by atoms with Gasteiger partial charge >= 0.3 is 0 Å². The third kappa shape index (κ3) is 4.29. The minimum absolute atomic E-state index is 0.138. The fourth-order valence-corrected chi connectivity index (χ4v) is 2.28. The number of rotatable bonds is 6. The van der Waals surface area contributed by atoms with Crippen molar-refractivity contribution < 1.29 is 19.0 Å². The van der Waals surface area contributed by atoms with Crippen molar-refractivity contribution in [3.63, 3.8) is 0 Å². The van der Waals surface area contributed by atoms with Gasteiger partial charge in [0.15, 0.2) is 0 Å². The van der Waals surface area contributed by atoms with Gasteiger partial charge in [-0.25, -0.2) is 4.39 Å². The first-order valence-electron chi connectivity index (χ1n) is 7.44. The van der Waals surface area contributed by atoms with E-state index in [9.17, 15) is 14.3 Å². The molecule has 0 aliphatic rings. The Labute approximate surface area is 135 Å².